The molecule has 0 aliphatic heterocycles. The van der Waals surface area contributed by atoms with Gasteiger partial charge in [0, 0.05) is 20.0 Å². The molecule has 2 N–H and O–H groups in total. The minimum absolute atomic E-state index is 0.104. The predicted octanol–water partition coefficient (Wildman–Crippen LogP) is 1.23. The third-order valence-corrected chi connectivity index (χ3v) is 3.39. The third kappa shape index (κ3) is 4.35. The van der Waals surface area contributed by atoms with Gasteiger partial charge in [-0.1, -0.05) is 6.07 Å². The summed E-state index contributed by atoms with van der Waals surface area (Å²) in [6.07, 6.45) is 1.66. The molecule has 0 saturated heterocycles. The zero-order valence-electron chi connectivity index (χ0n) is 12.2. The second-order valence-electron chi connectivity index (χ2n) is 4.90. The van der Waals surface area contributed by atoms with Crippen LogP contribution in [0.5, 0.6) is 5.75 Å². The zero-order chi connectivity index (χ0) is 15.1. The average Bonchev–Trinajstić information content (AvgIpc) is 2.43. The normalized spacial score (nSPS) is 12.2. The maximum absolute atomic E-state index is 11.9. The molecule has 1 unspecified atom stereocenters. The molecule has 0 fully saturated rings. The number of aryl methyl sites for hydroxylation is 1. The molecule has 1 atom stereocenters. The molecule has 1 rings (SSSR count). The number of phenolic OH excluding ortho intramolecular Hbond substituents is 1. The van der Waals surface area contributed by atoms with Crippen molar-refractivity contribution >= 4 is 12.2 Å². The van der Waals surface area contributed by atoms with Gasteiger partial charge in [-0.25, -0.2) is 0 Å². The number of carbonyl (C=O) groups excluding carboxylic acids is 2. The number of nitrogens with zero attached hydrogens (tertiary/aromatic N) is 1. The molecule has 5 heteroatoms. The fourth-order valence-corrected chi connectivity index (χ4v) is 2.15. The van der Waals surface area contributed by atoms with Crippen molar-refractivity contribution in [2.24, 2.45) is 0 Å². The molecule has 0 radical (unpaired) electrons. The smallest absolute Gasteiger partial charge is 0.237 e. The van der Waals surface area contributed by atoms with E-state index < -0.39 is 0 Å². The highest BCUT2D eigenvalue weighted by molar-refractivity contribution is 5.81. The molecule has 5 nitrogen and oxygen atoms in total. The second kappa shape index (κ2) is 7.65. The van der Waals surface area contributed by atoms with Crippen molar-refractivity contribution < 1.29 is 14.7 Å². The maximum atomic E-state index is 11.9. The summed E-state index contributed by atoms with van der Waals surface area (Å²) in [5, 5.41) is 12.2. The quantitative estimate of drug-likeness (QED) is 0.736. The monoisotopic (exact) mass is 278 g/mol. The van der Waals surface area contributed by atoms with E-state index >= 15 is 0 Å². The highest BCUT2D eigenvalue weighted by Crippen LogP contribution is 2.19. The Balaban J connectivity index is 2.83. The molecule has 0 aliphatic rings. The van der Waals surface area contributed by atoms with Gasteiger partial charge in [0.1, 0.15) is 12.0 Å². The fraction of sp³-hybridized carbons (Fsp3) is 0.467. The maximum Gasteiger partial charge on any atom is 0.237 e. The predicted molar refractivity (Wildman–Crippen MR) is 77.5 cm³/mol. The van der Waals surface area contributed by atoms with Gasteiger partial charge >= 0.3 is 0 Å². The minimum atomic E-state index is -0.355. The van der Waals surface area contributed by atoms with Gasteiger partial charge in [0.15, 0.2) is 0 Å². The first-order valence-corrected chi connectivity index (χ1v) is 6.63. The van der Waals surface area contributed by atoms with Crippen LogP contribution in [0.15, 0.2) is 18.2 Å². The summed E-state index contributed by atoms with van der Waals surface area (Å²) in [5.41, 5.74) is 2.02. The Morgan fingerprint density at radius 1 is 1.50 bits per heavy atom. The largest absolute Gasteiger partial charge is 0.508 e. The van der Waals surface area contributed by atoms with Crippen molar-refractivity contribution in [1.29, 1.82) is 0 Å². The molecule has 20 heavy (non-hydrogen) atoms. The van der Waals surface area contributed by atoms with Crippen LogP contribution < -0.4 is 5.32 Å². The van der Waals surface area contributed by atoms with E-state index in [1.807, 2.05) is 24.9 Å². The van der Waals surface area contributed by atoms with Gasteiger partial charge in [-0.3, -0.25) is 9.69 Å². The van der Waals surface area contributed by atoms with E-state index in [1.54, 1.807) is 19.2 Å². The highest BCUT2D eigenvalue weighted by Gasteiger charge is 2.22. The molecule has 1 aromatic carbocycles. The number of amides is 1. The second-order valence-corrected chi connectivity index (χ2v) is 4.90. The van der Waals surface area contributed by atoms with E-state index in [0.29, 0.717) is 19.4 Å². The molecular weight excluding hydrogens is 256 g/mol. The summed E-state index contributed by atoms with van der Waals surface area (Å²) in [6.45, 7) is 2.50. The van der Waals surface area contributed by atoms with Crippen LogP contribution >= 0.6 is 0 Å². The molecule has 0 aliphatic carbocycles. The lowest BCUT2D eigenvalue weighted by molar-refractivity contribution is -0.126. The van der Waals surface area contributed by atoms with Crippen molar-refractivity contribution in [1.82, 2.24) is 10.2 Å². The van der Waals surface area contributed by atoms with Crippen LogP contribution in [0, 0.1) is 6.92 Å². The summed E-state index contributed by atoms with van der Waals surface area (Å²) in [7, 11) is 3.43. The van der Waals surface area contributed by atoms with Gasteiger partial charge in [0.25, 0.3) is 0 Å². The van der Waals surface area contributed by atoms with Crippen molar-refractivity contribution in [3.8, 4) is 5.75 Å². The molecule has 0 heterocycles. The SMILES string of the molecule is CNC(=O)C(CCC=O)N(C)Cc1cc(O)ccc1C. The Morgan fingerprint density at radius 2 is 2.20 bits per heavy atom. The number of rotatable bonds is 7. The Hall–Kier alpha value is -1.88. The number of aldehydes is 1. The Bertz CT molecular complexity index is 474. The molecule has 0 spiro atoms. The number of aromatic hydroxyl groups is 1. The summed E-state index contributed by atoms with van der Waals surface area (Å²) >= 11 is 0. The third-order valence-electron chi connectivity index (χ3n) is 3.39. The average molecular weight is 278 g/mol. The lowest BCUT2D eigenvalue weighted by Gasteiger charge is -2.26. The number of likely N-dealkylation sites (N-methyl/N-ethyl adjacent to an activating group) is 2. The number of phenols is 1. The van der Waals surface area contributed by atoms with Crippen molar-refractivity contribution in [2.45, 2.75) is 32.4 Å². The molecule has 1 aromatic rings. The van der Waals surface area contributed by atoms with Crippen molar-refractivity contribution in [2.75, 3.05) is 14.1 Å². The minimum Gasteiger partial charge on any atom is -0.508 e. The van der Waals surface area contributed by atoms with Gasteiger partial charge in [-0.05, 0) is 43.7 Å². The molecule has 110 valence electrons. The molecule has 0 bridgehead atoms. The number of hydrogen-bond acceptors (Lipinski definition) is 4. The van der Waals surface area contributed by atoms with Gasteiger partial charge < -0.3 is 15.2 Å². The first-order chi connectivity index (χ1) is 9.49. The summed E-state index contributed by atoms with van der Waals surface area (Å²) in [5.74, 6) is 0.107. The molecule has 0 aromatic heterocycles. The van der Waals surface area contributed by atoms with Crippen LogP contribution in [-0.4, -0.2) is 42.3 Å². The number of nitrogens with one attached hydrogen (secondary N) is 1. The summed E-state index contributed by atoms with van der Waals surface area (Å²) in [4.78, 5) is 24.3. The first kappa shape index (κ1) is 16.2. The van der Waals surface area contributed by atoms with Crippen molar-refractivity contribution in [3.05, 3.63) is 29.3 Å². The number of benzene rings is 1. The first-order valence-electron chi connectivity index (χ1n) is 6.63. The van der Waals surface area contributed by atoms with Crippen LogP contribution in [0.2, 0.25) is 0 Å². The van der Waals surface area contributed by atoms with E-state index in [-0.39, 0.29) is 17.7 Å². The van der Waals surface area contributed by atoms with Crippen molar-refractivity contribution in [3.63, 3.8) is 0 Å². The molecular formula is C15H22N2O3. The van der Waals surface area contributed by atoms with Crippen LogP contribution in [0.4, 0.5) is 0 Å². The summed E-state index contributed by atoms with van der Waals surface area (Å²) in [6, 6.07) is 4.83. The zero-order valence-corrected chi connectivity index (χ0v) is 12.2. The lowest BCUT2D eigenvalue weighted by atomic mass is 10.1. The van der Waals surface area contributed by atoms with Gasteiger partial charge in [0.2, 0.25) is 5.91 Å². The van der Waals surface area contributed by atoms with E-state index in [0.717, 1.165) is 17.4 Å². The van der Waals surface area contributed by atoms with E-state index in [9.17, 15) is 14.7 Å². The van der Waals surface area contributed by atoms with Crippen LogP contribution in [0.3, 0.4) is 0 Å². The Labute approximate surface area is 119 Å². The van der Waals surface area contributed by atoms with E-state index in [1.165, 1.54) is 0 Å². The number of carbonyl (C=O) groups is 2. The molecule has 1 amide bonds. The number of hydrogen-bond donors (Lipinski definition) is 2. The van der Waals surface area contributed by atoms with Crippen LogP contribution in [-0.2, 0) is 16.1 Å². The highest BCUT2D eigenvalue weighted by atomic mass is 16.3. The lowest BCUT2D eigenvalue weighted by Crippen LogP contribution is -2.43. The van der Waals surface area contributed by atoms with Gasteiger partial charge in [-0.15, -0.1) is 0 Å². The van der Waals surface area contributed by atoms with E-state index in [2.05, 4.69) is 5.32 Å². The standard InChI is InChI=1S/C15H22N2O3/c1-11-6-7-13(19)9-12(11)10-17(3)14(5-4-8-18)15(20)16-2/h6-9,14,19H,4-5,10H2,1-3H3,(H,16,20). The molecule has 0 saturated carbocycles. The summed E-state index contributed by atoms with van der Waals surface area (Å²) < 4.78 is 0. The van der Waals surface area contributed by atoms with Gasteiger partial charge in [-0.2, -0.15) is 0 Å². The van der Waals surface area contributed by atoms with Crippen LogP contribution in [0.1, 0.15) is 24.0 Å². The fourth-order valence-electron chi connectivity index (χ4n) is 2.15. The van der Waals surface area contributed by atoms with Crippen LogP contribution in [0.25, 0.3) is 0 Å². The Morgan fingerprint density at radius 3 is 2.80 bits per heavy atom. The Kier molecular flexibility index (Phi) is 6.18. The van der Waals surface area contributed by atoms with Gasteiger partial charge in [0.05, 0.1) is 6.04 Å². The topological polar surface area (TPSA) is 69.6 Å². The van der Waals surface area contributed by atoms with E-state index in [4.69, 9.17) is 0 Å².